The molecule has 0 radical (unpaired) electrons. The summed E-state index contributed by atoms with van der Waals surface area (Å²) in [4.78, 5) is 19.2. The fraction of sp³-hybridized carbons (Fsp3) is 0.429. The molecule has 1 saturated heterocycles. The van der Waals surface area contributed by atoms with Crippen LogP contribution in [-0.4, -0.2) is 43.8 Å². The molecular weight excluding hydrogens is 373 g/mol. The maximum Gasteiger partial charge on any atom is 0.257 e. The van der Waals surface area contributed by atoms with E-state index in [1.165, 1.54) is 12.1 Å². The van der Waals surface area contributed by atoms with Crippen molar-refractivity contribution < 1.29 is 13.7 Å². The van der Waals surface area contributed by atoms with Crippen LogP contribution in [0, 0.1) is 25.6 Å². The molecule has 0 aliphatic carbocycles. The van der Waals surface area contributed by atoms with E-state index in [1.807, 2.05) is 25.8 Å². The molecular formula is C21H24FN5O2. The van der Waals surface area contributed by atoms with E-state index in [4.69, 9.17) is 4.52 Å². The smallest absolute Gasteiger partial charge is 0.257 e. The van der Waals surface area contributed by atoms with Gasteiger partial charge < -0.3 is 9.42 Å². The third-order valence-corrected chi connectivity index (χ3v) is 5.63. The van der Waals surface area contributed by atoms with E-state index in [0.717, 1.165) is 42.9 Å². The molecule has 1 atom stereocenters. The number of nitrogens with zero attached hydrogens (tertiary/aromatic N) is 5. The first-order valence-corrected chi connectivity index (χ1v) is 9.80. The van der Waals surface area contributed by atoms with E-state index in [9.17, 15) is 9.18 Å². The molecule has 0 N–H and O–H groups in total. The van der Waals surface area contributed by atoms with Gasteiger partial charge in [0.05, 0.1) is 11.3 Å². The van der Waals surface area contributed by atoms with Gasteiger partial charge in [0.2, 0.25) is 0 Å². The number of hydrogen-bond acceptors (Lipinski definition) is 5. The molecule has 1 aliphatic rings. The third kappa shape index (κ3) is 3.92. The average Bonchev–Trinajstić information content (AvgIpc) is 3.41. The van der Waals surface area contributed by atoms with Gasteiger partial charge >= 0.3 is 0 Å². The Balaban J connectivity index is 1.34. The number of aryl methyl sites for hydroxylation is 3. The number of likely N-dealkylation sites (tertiary alicyclic amines) is 1. The van der Waals surface area contributed by atoms with Crippen LogP contribution in [0.5, 0.6) is 0 Å². The van der Waals surface area contributed by atoms with Crippen LogP contribution < -0.4 is 0 Å². The molecule has 1 unspecified atom stereocenters. The van der Waals surface area contributed by atoms with Crippen molar-refractivity contribution in [1.82, 2.24) is 24.8 Å². The lowest BCUT2D eigenvalue weighted by Crippen LogP contribution is -2.29. The second-order valence-electron chi connectivity index (χ2n) is 7.64. The lowest BCUT2D eigenvalue weighted by molar-refractivity contribution is 0.0785. The van der Waals surface area contributed by atoms with Gasteiger partial charge in [-0.05, 0) is 56.9 Å². The average molecular weight is 397 g/mol. The number of hydrogen-bond donors (Lipinski definition) is 0. The molecule has 1 fully saturated rings. The topological polar surface area (TPSA) is 77.0 Å². The van der Waals surface area contributed by atoms with E-state index in [0.29, 0.717) is 29.6 Å². The van der Waals surface area contributed by atoms with Gasteiger partial charge in [-0.25, -0.2) is 4.39 Å². The first kappa shape index (κ1) is 19.3. The lowest BCUT2D eigenvalue weighted by Gasteiger charge is -2.16. The summed E-state index contributed by atoms with van der Waals surface area (Å²) in [5.74, 6) is 1.20. The first-order chi connectivity index (χ1) is 13.9. The van der Waals surface area contributed by atoms with Crippen molar-refractivity contribution >= 4 is 5.91 Å². The maximum atomic E-state index is 13.0. The Morgan fingerprint density at radius 2 is 2.03 bits per heavy atom. The van der Waals surface area contributed by atoms with Crippen LogP contribution in [0.1, 0.15) is 40.4 Å². The zero-order chi connectivity index (χ0) is 20.5. The van der Waals surface area contributed by atoms with Crippen LogP contribution in [0.25, 0.3) is 11.5 Å². The molecule has 0 spiro atoms. The van der Waals surface area contributed by atoms with E-state index in [-0.39, 0.29) is 11.7 Å². The lowest BCUT2D eigenvalue weighted by atomic mass is 10.0. The number of rotatable bonds is 5. The Labute approximate surface area is 168 Å². The zero-order valence-electron chi connectivity index (χ0n) is 16.9. The number of carbonyl (C=O) groups excluding carboxylic acids is 1. The van der Waals surface area contributed by atoms with Crippen molar-refractivity contribution in [3.05, 3.63) is 52.9 Å². The summed E-state index contributed by atoms with van der Waals surface area (Å²) in [6, 6.07) is 5.98. The van der Waals surface area contributed by atoms with Gasteiger partial charge in [-0.3, -0.25) is 9.48 Å². The number of benzene rings is 1. The summed E-state index contributed by atoms with van der Waals surface area (Å²) < 4.78 is 20.1. The number of amides is 1. The molecule has 1 aromatic carbocycles. The second-order valence-corrected chi connectivity index (χ2v) is 7.64. The van der Waals surface area contributed by atoms with Gasteiger partial charge in [0.15, 0.2) is 5.82 Å². The number of aromatic nitrogens is 4. The minimum absolute atomic E-state index is 0.0637. The van der Waals surface area contributed by atoms with Crippen LogP contribution in [-0.2, 0) is 13.5 Å². The van der Waals surface area contributed by atoms with Gasteiger partial charge in [-0.1, -0.05) is 5.16 Å². The summed E-state index contributed by atoms with van der Waals surface area (Å²) in [6.45, 7) is 5.29. The predicted octanol–water partition coefficient (Wildman–Crippen LogP) is 3.32. The van der Waals surface area contributed by atoms with Gasteiger partial charge in [0.25, 0.3) is 11.8 Å². The summed E-state index contributed by atoms with van der Waals surface area (Å²) in [5.41, 5.74) is 3.09. The maximum absolute atomic E-state index is 13.0. The molecule has 8 heteroatoms. The molecule has 3 heterocycles. The SMILES string of the molecule is Cc1nn(C)c(C)c1C(=O)N1CCC(CCc2noc(-c3ccc(F)cc3)n2)C1. The molecule has 2 aromatic heterocycles. The number of halogens is 1. The standard InChI is InChI=1S/C21H24FN5O2/c1-13-19(14(2)26(3)24-13)21(28)27-11-10-15(12-27)4-9-18-23-20(29-25-18)16-5-7-17(22)8-6-16/h5-8,15H,4,9-12H2,1-3H3. The van der Waals surface area contributed by atoms with Gasteiger partial charge in [-0.2, -0.15) is 10.1 Å². The Hall–Kier alpha value is -3.03. The molecule has 1 aliphatic heterocycles. The summed E-state index contributed by atoms with van der Waals surface area (Å²) in [7, 11) is 1.86. The van der Waals surface area contributed by atoms with E-state index < -0.39 is 0 Å². The Kier molecular flexibility index (Phi) is 5.17. The quantitative estimate of drug-likeness (QED) is 0.660. The molecule has 0 bridgehead atoms. The normalized spacial score (nSPS) is 16.6. The minimum Gasteiger partial charge on any atom is -0.338 e. The molecule has 3 aromatic rings. The van der Waals surface area contributed by atoms with E-state index in [2.05, 4.69) is 15.2 Å². The van der Waals surface area contributed by atoms with Crippen molar-refractivity contribution in [3.8, 4) is 11.5 Å². The second kappa shape index (κ2) is 7.77. The highest BCUT2D eigenvalue weighted by atomic mass is 19.1. The van der Waals surface area contributed by atoms with Gasteiger partial charge in [0.1, 0.15) is 5.82 Å². The highest BCUT2D eigenvalue weighted by molar-refractivity contribution is 5.96. The fourth-order valence-corrected chi connectivity index (χ4v) is 3.89. The Bertz CT molecular complexity index is 1020. The molecule has 152 valence electrons. The predicted molar refractivity (Wildman–Crippen MR) is 105 cm³/mol. The first-order valence-electron chi connectivity index (χ1n) is 9.80. The van der Waals surface area contributed by atoms with E-state index >= 15 is 0 Å². The summed E-state index contributed by atoms with van der Waals surface area (Å²) in [5, 5.41) is 8.38. The van der Waals surface area contributed by atoms with Crippen molar-refractivity contribution in [2.75, 3.05) is 13.1 Å². The van der Waals surface area contributed by atoms with Crippen LogP contribution in [0.4, 0.5) is 4.39 Å². The highest BCUT2D eigenvalue weighted by Crippen LogP contribution is 2.25. The molecule has 0 saturated carbocycles. The van der Waals surface area contributed by atoms with E-state index in [1.54, 1.807) is 16.8 Å². The Morgan fingerprint density at radius 1 is 1.28 bits per heavy atom. The zero-order valence-corrected chi connectivity index (χ0v) is 16.9. The van der Waals surface area contributed by atoms with Gasteiger partial charge in [0, 0.05) is 37.8 Å². The van der Waals surface area contributed by atoms with Crippen LogP contribution in [0.2, 0.25) is 0 Å². The summed E-state index contributed by atoms with van der Waals surface area (Å²) in [6.07, 6.45) is 2.53. The van der Waals surface area contributed by atoms with Crippen molar-refractivity contribution in [2.45, 2.75) is 33.1 Å². The summed E-state index contributed by atoms with van der Waals surface area (Å²) >= 11 is 0. The number of carbonyl (C=O) groups is 1. The largest absolute Gasteiger partial charge is 0.338 e. The van der Waals surface area contributed by atoms with Crippen molar-refractivity contribution in [2.24, 2.45) is 13.0 Å². The van der Waals surface area contributed by atoms with Crippen LogP contribution in [0.3, 0.4) is 0 Å². The van der Waals surface area contributed by atoms with Crippen LogP contribution in [0.15, 0.2) is 28.8 Å². The highest BCUT2D eigenvalue weighted by Gasteiger charge is 2.30. The minimum atomic E-state index is -0.300. The third-order valence-electron chi connectivity index (χ3n) is 5.63. The van der Waals surface area contributed by atoms with Crippen molar-refractivity contribution in [1.29, 1.82) is 0 Å². The Morgan fingerprint density at radius 3 is 2.72 bits per heavy atom. The molecule has 4 rings (SSSR count). The molecule has 1 amide bonds. The van der Waals surface area contributed by atoms with Gasteiger partial charge in [-0.15, -0.1) is 0 Å². The fourth-order valence-electron chi connectivity index (χ4n) is 3.89. The molecule has 7 nitrogen and oxygen atoms in total. The molecule has 29 heavy (non-hydrogen) atoms. The van der Waals surface area contributed by atoms with Crippen LogP contribution >= 0.6 is 0 Å². The monoisotopic (exact) mass is 397 g/mol. The van der Waals surface area contributed by atoms with Crippen molar-refractivity contribution in [3.63, 3.8) is 0 Å².